The molecular weight excluding hydrogens is 260 g/mol. The Balaban J connectivity index is 3.05. The summed E-state index contributed by atoms with van der Waals surface area (Å²) < 4.78 is 2.04. The summed E-state index contributed by atoms with van der Waals surface area (Å²) in [5.74, 6) is 1.27. The number of aromatic nitrogens is 2. The number of hydrogen-bond donors (Lipinski definition) is 1. The van der Waals surface area contributed by atoms with Gasteiger partial charge in [0, 0.05) is 31.2 Å². The summed E-state index contributed by atoms with van der Waals surface area (Å²) in [6.07, 6.45) is 5.69. The molecule has 0 radical (unpaired) electrons. The van der Waals surface area contributed by atoms with Crippen LogP contribution in [0, 0.1) is 6.92 Å². The Labute approximate surface area is 130 Å². The van der Waals surface area contributed by atoms with Gasteiger partial charge >= 0.3 is 0 Å². The van der Waals surface area contributed by atoms with Crippen molar-refractivity contribution < 1.29 is 0 Å². The first-order chi connectivity index (χ1) is 9.92. The molecular formula is C17H34N4. The van der Waals surface area contributed by atoms with Gasteiger partial charge in [0.25, 0.3) is 0 Å². The topological polar surface area (TPSA) is 47.1 Å². The molecule has 122 valence electrons. The van der Waals surface area contributed by atoms with Crippen LogP contribution >= 0.6 is 0 Å². The lowest BCUT2D eigenvalue weighted by Gasteiger charge is -2.30. The molecule has 1 heterocycles. The van der Waals surface area contributed by atoms with E-state index < -0.39 is 0 Å². The summed E-state index contributed by atoms with van der Waals surface area (Å²) in [6.45, 7) is 12.1. The van der Waals surface area contributed by atoms with Gasteiger partial charge in [0.05, 0.1) is 5.69 Å². The quantitative estimate of drug-likeness (QED) is 0.710. The molecule has 21 heavy (non-hydrogen) atoms. The number of hydrogen-bond acceptors (Lipinski definition) is 3. The highest BCUT2D eigenvalue weighted by Gasteiger charge is 2.22. The summed E-state index contributed by atoms with van der Waals surface area (Å²) >= 11 is 0. The molecule has 0 amide bonds. The Morgan fingerprint density at radius 2 is 1.90 bits per heavy atom. The summed E-state index contributed by atoms with van der Waals surface area (Å²) in [6, 6.07) is 0.699. The van der Waals surface area contributed by atoms with Gasteiger partial charge in [-0.2, -0.15) is 5.10 Å². The van der Waals surface area contributed by atoms with Gasteiger partial charge in [-0.15, -0.1) is 0 Å². The molecule has 1 atom stereocenters. The van der Waals surface area contributed by atoms with Crippen LogP contribution in [0.25, 0.3) is 0 Å². The first-order valence-corrected chi connectivity index (χ1v) is 8.46. The van der Waals surface area contributed by atoms with Crippen LogP contribution in [-0.2, 0) is 13.5 Å². The zero-order chi connectivity index (χ0) is 16.0. The minimum absolute atomic E-state index is 0.219. The van der Waals surface area contributed by atoms with E-state index in [2.05, 4.69) is 51.7 Å². The van der Waals surface area contributed by atoms with Gasteiger partial charge in [0.15, 0.2) is 0 Å². The second-order valence-corrected chi connectivity index (χ2v) is 6.38. The largest absolute Gasteiger partial charge is 0.354 e. The number of rotatable bonds is 9. The average Bonchev–Trinajstić information content (AvgIpc) is 2.69. The molecule has 1 rings (SSSR count). The Kier molecular flexibility index (Phi) is 7.23. The summed E-state index contributed by atoms with van der Waals surface area (Å²) in [5.41, 5.74) is 8.65. The minimum Gasteiger partial charge on any atom is -0.354 e. The Morgan fingerprint density at radius 1 is 1.24 bits per heavy atom. The molecule has 0 aliphatic rings. The molecule has 0 saturated carbocycles. The molecule has 0 bridgehead atoms. The fourth-order valence-electron chi connectivity index (χ4n) is 2.84. The van der Waals surface area contributed by atoms with Gasteiger partial charge in [-0.3, -0.25) is 4.68 Å². The third-order valence-electron chi connectivity index (χ3n) is 4.20. The number of unbranched alkanes of at least 4 members (excludes halogenated alkanes) is 2. The van der Waals surface area contributed by atoms with Crippen molar-refractivity contribution in [2.24, 2.45) is 12.8 Å². The number of anilines is 1. The number of aryl methyl sites for hydroxylation is 2. The van der Waals surface area contributed by atoms with E-state index in [0.717, 1.165) is 25.1 Å². The van der Waals surface area contributed by atoms with Crippen LogP contribution in [-0.4, -0.2) is 28.4 Å². The maximum atomic E-state index is 6.19. The minimum atomic E-state index is 0.219. The molecule has 0 fully saturated rings. The fraction of sp³-hybridized carbons (Fsp3) is 0.824. The van der Waals surface area contributed by atoms with Gasteiger partial charge < -0.3 is 10.6 Å². The number of nitrogens with zero attached hydrogens (tertiary/aromatic N) is 3. The van der Waals surface area contributed by atoms with Crippen LogP contribution in [0.2, 0.25) is 0 Å². The van der Waals surface area contributed by atoms with Gasteiger partial charge in [-0.25, -0.2) is 0 Å². The van der Waals surface area contributed by atoms with Crippen molar-refractivity contribution in [3.63, 3.8) is 0 Å². The summed E-state index contributed by atoms with van der Waals surface area (Å²) in [4.78, 5) is 2.49. The van der Waals surface area contributed by atoms with E-state index >= 15 is 0 Å². The third kappa shape index (κ3) is 4.73. The van der Waals surface area contributed by atoms with Crippen molar-refractivity contribution >= 4 is 5.82 Å². The molecule has 1 unspecified atom stereocenters. The molecule has 2 N–H and O–H groups in total. The molecule has 0 aliphatic carbocycles. The third-order valence-corrected chi connectivity index (χ3v) is 4.20. The van der Waals surface area contributed by atoms with E-state index in [1.165, 1.54) is 30.6 Å². The van der Waals surface area contributed by atoms with Crippen molar-refractivity contribution in [3.8, 4) is 0 Å². The molecule has 4 heteroatoms. The molecule has 0 aliphatic heterocycles. The Bertz CT molecular complexity index is 423. The van der Waals surface area contributed by atoms with Crippen LogP contribution in [0.15, 0.2) is 0 Å². The highest BCUT2D eigenvalue weighted by Crippen LogP contribution is 2.27. The van der Waals surface area contributed by atoms with E-state index in [1.807, 2.05) is 4.68 Å². The maximum absolute atomic E-state index is 6.19. The Hall–Kier alpha value is -1.03. The smallest absolute Gasteiger partial charge is 0.130 e. The van der Waals surface area contributed by atoms with Crippen LogP contribution in [0.1, 0.15) is 64.6 Å². The monoisotopic (exact) mass is 294 g/mol. The zero-order valence-electron chi connectivity index (χ0n) is 14.8. The van der Waals surface area contributed by atoms with E-state index in [1.54, 1.807) is 0 Å². The highest BCUT2D eigenvalue weighted by molar-refractivity contribution is 5.51. The lowest BCUT2D eigenvalue weighted by molar-refractivity contribution is 0.592. The number of nitrogens with two attached hydrogens (primary N) is 1. The fourth-order valence-corrected chi connectivity index (χ4v) is 2.84. The van der Waals surface area contributed by atoms with Gasteiger partial charge in [-0.05, 0) is 40.0 Å². The van der Waals surface area contributed by atoms with Crippen LogP contribution in [0.4, 0.5) is 5.82 Å². The predicted molar refractivity (Wildman–Crippen MR) is 91.9 cm³/mol. The standard InChI is InChI=1S/C17H34N4/c1-7-9-10-11-21(13(3)4)17-16(12-15(18)8-2)14(5)19-20(17)6/h13,15H,7-12,18H2,1-6H3. The van der Waals surface area contributed by atoms with Gasteiger partial charge in [0.2, 0.25) is 0 Å². The van der Waals surface area contributed by atoms with Crippen molar-refractivity contribution in [2.75, 3.05) is 11.4 Å². The lowest BCUT2D eigenvalue weighted by atomic mass is 10.0. The lowest BCUT2D eigenvalue weighted by Crippen LogP contribution is -2.35. The molecule has 1 aromatic rings. The Morgan fingerprint density at radius 3 is 2.43 bits per heavy atom. The van der Waals surface area contributed by atoms with E-state index in [-0.39, 0.29) is 6.04 Å². The molecule has 0 spiro atoms. The van der Waals surface area contributed by atoms with Crippen molar-refractivity contribution in [1.29, 1.82) is 0 Å². The second kappa shape index (κ2) is 8.42. The highest BCUT2D eigenvalue weighted by atomic mass is 15.4. The summed E-state index contributed by atoms with van der Waals surface area (Å²) in [7, 11) is 2.05. The molecule has 4 nitrogen and oxygen atoms in total. The first-order valence-electron chi connectivity index (χ1n) is 8.46. The average molecular weight is 294 g/mol. The normalized spacial score (nSPS) is 13.0. The second-order valence-electron chi connectivity index (χ2n) is 6.38. The summed E-state index contributed by atoms with van der Waals surface area (Å²) in [5, 5.41) is 4.65. The van der Waals surface area contributed by atoms with Crippen molar-refractivity contribution in [3.05, 3.63) is 11.3 Å². The molecule has 0 saturated heterocycles. The van der Waals surface area contributed by atoms with E-state index in [4.69, 9.17) is 5.73 Å². The van der Waals surface area contributed by atoms with Crippen LogP contribution in [0.5, 0.6) is 0 Å². The van der Waals surface area contributed by atoms with Crippen LogP contribution in [0.3, 0.4) is 0 Å². The molecule has 1 aromatic heterocycles. The van der Waals surface area contributed by atoms with Crippen molar-refractivity contribution in [1.82, 2.24) is 9.78 Å². The first kappa shape index (κ1) is 18.0. The van der Waals surface area contributed by atoms with E-state index in [9.17, 15) is 0 Å². The SMILES string of the molecule is CCCCCN(c1c(CC(N)CC)c(C)nn1C)C(C)C. The maximum Gasteiger partial charge on any atom is 0.130 e. The van der Waals surface area contributed by atoms with E-state index in [0.29, 0.717) is 6.04 Å². The van der Waals surface area contributed by atoms with Crippen LogP contribution < -0.4 is 10.6 Å². The zero-order valence-corrected chi connectivity index (χ0v) is 14.8. The van der Waals surface area contributed by atoms with Crippen molar-refractivity contribution in [2.45, 2.75) is 78.8 Å². The predicted octanol–water partition coefficient (Wildman–Crippen LogP) is 3.41. The van der Waals surface area contributed by atoms with Gasteiger partial charge in [0.1, 0.15) is 5.82 Å². The van der Waals surface area contributed by atoms with Gasteiger partial charge in [-0.1, -0.05) is 26.7 Å². The molecule has 0 aromatic carbocycles.